The quantitative estimate of drug-likeness (QED) is 0.779. The minimum absolute atomic E-state index is 0.174. The summed E-state index contributed by atoms with van der Waals surface area (Å²) in [6.45, 7) is 2.99. The molecule has 6 nitrogen and oxygen atoms in total. The minimum Gasteiger partial charge on any atom is -0.497 e. The maximum atomic E-state index is 12.5. The maximum Gasteiger partial charge on any atom is 0.233 e. The first-order valence-corrected chi connectivity index (χ1v) is 9.14. The number of methoxy groups -OCH3 is 1. The van der Waals surface area contributed by atoms with Crippen molar-refractivity contribution in [3.63, 3.8) is 0 Å². The number of amides is 1. The summed E-state index contributed by atoms with van der Waals surface area (Å²) in [6.07, 6.45) is 5.06. The summed E-state index contributed by atoms with van der Waals surface area (Å²) in [7, 11) is 1.64. The van der Waals surface area contributed by atoms with Gasteiger partial charge >= 0.3 is 0 Å². The molecule has 0 saturated carbocycles. The van der Waals surface area contributed by atoms with Crippen molar-refractivity contribution < 1.29 is 9.53 Å². The molecule has 1 aliphatic heterocycles. The molecule has 7 heteroatoms. The summed E-state index contributed by atoms with van der Waals surface area (Å²) in [5.74, 6) is 1.33. The molecule has 0 spiro atoms. The third kappa shape index (κ3) is 3.72. The van der Waals surface area contributed by atoms with Gasteiger partial charge in [-0.15, -0.1) is 10.2 Å². The highest BCUT2D eigenvalue weighted by molar-refractivity contribution is 7.99. The Morgan fingerprint density at radius 2 is 2.29 bits per heavy atom. The van der Waals surface area contributed by atoms with Gasteiger partial charge in [-0.25, -0.2) is 0 Å². The molecule has 0 bridgehead atoms. The lowest BCUT2D eigenvalue weighted by Gasteiger charge is -2.33. The Morgan fingerprint density at radius 1 is 1.42 bits per heavy atom. The van der Waals surface area contributed by atoms with E-state index in [1.165, 1.54) is 18.2 Å². The molecule has 1 saturated heterocycles. The van der Waals surface area contributed by atoms with Crippen LogP contribution < -0.4 is 4.74 Å². The molecule has 0 N–H and O–H groups in total. The fourth-order valence-corrected chi connectivity index (χ4v) is 3.75. The molecule has 1 unspecified atom stereocenters. The number of rotatable bonds is 5. The van der Waals surface area contributed by atoms with Crippen LogP contribution in [-0.4, -0.2) is 51.0 Å². The monoisotopic (exact) mass is 346 g/mol. The maximum absolute atomic E-state index is 12.5. The van der Waals surface area contributed by atoms with Crippen LogP contribution in [0.2, 0.25) is 0 Å². The van der Waals surface area contributed by atoms with Gasteiger partial charge in [0.1, 0.15) is 12.1 Å². The van der Waals surface area contributed by atoms with Gasteiger partial charge in [0.15, 0.2) is 5.16 Å². The van der Waals surface area contributed by atoms with Crippen LogP contribution >= 0.6 is 11.8 Å². The second-order valence-corrected chi connectivity index (χ2v) is 6.85. The number of hydrogen-bond donors (Lipinski definition) is 0. The van der Waals surface area contributed by atoms with Crippen LogP contribution in [0.1, 0.15) is 26.2 Å². The molecular weight excluding hydrogens is 324 g/mol. The Hall–Kier alpha value is -2.02. The van der Waals surface area contributed by atoms with E-state index >= 15 is 0 Å². The molecule has 2 aromatic rings. The highest BCUT2D eigenvalue weighted by Crippen LogP contribution is 2.24. The average molecular weight is 346 g/mol. The molecule has 2 heterocycles. The number of thioether (sulfide) groups is 1. The summed E-state index contributed by atoms with van der Waals surface area (Å²) in [5.41, 5.74) is 0.917. The molecule has 1 aliphatic rings. The summed E-state index contributed by atoms with van der Waals surface area (Å²) >= 11 is 1.42. The molecule has 3 rings (SSSR count). The number of nitrogens with zero attached hydrogens (tertiary/aromatic N) is 4. The normalized spacial score (nSPS) is 17.8. The van der Waals surface area contributed by atoms with Crippen molar-refractivity contribution in [2.45, 2.75) is 37.4 Å². The lowest BCUT2D eigenvalue weighted by atomic mass is 10.0. The molecule has 0 radical (unpaired) electrons. The average Bonchev–Trinajstić information content (AvgIpc) is 3.08. The van der Waals surface area contributed by atoms with E-state index in [-0.39, 0.29) is 5.91 Å². The van der Waals surface area contributed by atoms with Gasteiger partial charge in [-0.05, 0) is 38.3 Å². The van der Waals surface area contributed by atoms with Gasteiger partial charge in [0.05, 0.1) is 18.6 Å². The van der Waals surface area contributed by atoms with Gasteiger partial charge in [-0.1, -0.05) is 17.8 Å². The van der Waals surface area contributed by atoms with Crippen LogP contribution in [0.3, 0.4) is 0 Å². The SMILES string of the molecule is COc1cccc(-n2cnnc2SCC(=O)N2CCCCC2C)c1. The van der Waals surface area contributed by atoms with Crippen LogP contribution in [-0.2, 0) is 4.79 Å². The zero-order valence-electron chi connectivity index (χ0n) is 14.0. The molecule has 1 fully saturated rings. The third-order valence-electron chi connectivity index (χ3n) is 4.30. The topological polar surface area (TPSA) is 60.2 Å². The predicted molar refractivity (Wildman–Crippen MR) is 93.7 cm³/mol. The minimum atomic E-state index is 0.174. The van der Waals surface area contributed by atoms with Crippen LogP contribution in [0.4, 0.5) is 0 Å². The zero-order valence-corrected chi connectivity index (χ0v) is 14.8. The summed E-state index contributed by atoms with van der Waals surface area (Å²) in [6, 6.07) is 8.03. The molecule has 24 heavy (non-hydrogen) atoms. The van der Waals surface area contributed by atoms with Crippen molar-refractivity contribution in [2.75, 3.05) is 19.4 Å². The van der Waals surface area contributed by atoms with E-state index in [0.717, 1.165) is 30.8 Å². The number of piperidine rings is 1. The Morgan fingerprint density at radius 3 is 3.08 bits per heavy atom. The van der Waals surface area contributed by atoms with E-state index < -0.39 is 0 Å². The summed E-state index contributed by atoms with van der Waals surface area (Å²) < 4.78 is 7.14. The van der Waals surface area contributed by atoms with Gasteiger partial charge in [0.2, 0.25) is 5.91 Å². The van der Waals surface area contributed by atoms with E-state index in [9.17, 15) is 4.79 Å². The van der Waals surface area contributed by atoms with Crippen LogP contribution in [0.25, 0.3) is 5.69 Å². The van der Waals surface area contributed by atoms with E-state index in [2.05, 4.69) is 17.1 Å². The Kier molecular flexibility index (Phi) is 5.40. The first kappa shape index (κ1) is 16.8. The molecular formula is C17H22N4O2S. The first-order valence-electron chi connectivity index (χ1n) is 8.16. The lowest BCUT2D eigenvalue weighted by Crippen LogP contribution is -2.42. The molecule has 1 aromatic carbocycles. The fraction of sp³-hybridized carbons (Fsp3) is 0.471. The van der Waals surface area contributed by atoms with Crippen molar-refractivity contribution in [2.24, 2.45) is 0 Å². The molecule has 1 atom stereocenters. The number of carbonyl (C=O) groups excluding carboxylic acids is 1. The van der Waals surface area contributed by atoms with E-state index in [0.29, 0.717) is 17.0 Å². The van der Waals surface area contributed by atoms with Gasteiger partial charge in [-0.2, -0.15) is 0 Å². The third-order valence-corrected chi connectivity index (χ3v) is 5.22. The van der Waals surface area contributed by atoms with Crippen molar-refractivity contribution in [1.82, 2.24) is 19.7 Å². The van der Waals surface area contributed by atoms with Gasteiger partial charge < -0.3 is 9.64 Å². The molecule has 1 amide bonds. The zero-order chi connectivity index (χ0) is 16.9. The number of benzene rings is 1. The number of hydrogen-bond acceptors (Lipinski definition) is 5. The van der Waals surface area contributed by atoms with Gasteiger partial charge in [0, 0.05) is 18.7 Å². The highest BCUT2D eigenvalue weighted by atomic mass is 32.2. The number of likely N-dealkylation sites (tertiary alicyclic amines) is 1. The molecule has 128 valence electrons. The highest BCUT2D eigenvalue weighted by Gasteiger charge is 2.23. The van der Waals surface area contributed by atoms with Crippen molar-refractivity contribution >= 4 is 17.7 Å². The number of ether oxygens (including phenoxy) is 1. The second-order valence-electron chi connectivity index (χ2n) is 5.91. The first-order chi connectivity index (χ1) is 11.7. The fourth-order valence-electron chi connectivity index (χ4n) is 2.94. The van der Waals surface area contributed by atoms with Gasteiger partial charge in [-0.3, -0.25) is 9.36 Å². The predicted octanol–water partition coefficient (Wildman–Crippen LogP) is 2.77. The van der Waals surface area contributed by atoms with Crippen molar-refractivity contribution in [1.29, 1.82) is 0 Å². The van der Waals surface area contributed by atoms with Crippen LogP contribution in [0, 0.1) is 0 Å². The second kappa shape index (κ2) is 7.70. The lowest BCUT2D eigenvalue weighted by molar-refractivity contribution is -0.131. The molecule has 1 aromatic heterocycles. The van der Waals surface area contributed by atoms with E-state index in [1.807, 2.05) is 33.7 Å². The van der Waals surface area contributed by atoms with Gasteiger partial charge in [0.25, 0.3) is 0 Å². The standard InChI is InChI=1S/C17H22N4O2S/c1-13-6-3-4-9-20(13)16(22)11-24-17-19-18-12-21(17)14-7-5-8-15(10-14)23-2/h5,7-8,10,12-13H,3-4,6,9,11H2,1-2H3. The summed E-state index contributed by atoms with van der Waals surface area (Å²) in [4.78, 5) is 14.5. The van der Waals surface area contributed by atoms with Crippen LogP contribution in [0.5, 0.6) is 5.75 Å². The molecule has 0 aliphatic carbocycles. The summed E-state index contributed by atoms with van der Waals surface area (Å²) in [5, 5.41) is 8.84. The Bertz CT molecular complexity index is 703. The van der Waals surface area contributed by atoms with Crippen molar-refractivity contribution in [3.8, 4) is 11.4 Å². The van der Waals surface area contributed by atoms with E-state index in [1.54, 1.807) is 13.4 Å². The Labute approximate surface area is 146 Å². The number of aromatic nitrogens is 3. The Balaban J connectivity index is 1.68. The van der Waals surface area contributed by atoms with E-state index in [4.69, 9.17) is 4.74 Å². The van der Waals surface area contributed by atoms with Crippen LogP contribution in [0.15, 0.2) is 35.7 Å². The van der Waals surface area contributed by atoms with Crippen molar-refractivity contribution in [3.05, 3.63) is 30.6 Å². The smallest absolute Gasteiger partial charge is 0.233 e. The largest absolute Gasteiger partial charge is 0.497 e. The number of carbonyl (C=O) groups is 1.